The van der Waals surface area contributed by atoms with Gasteiger partial charge >= 0.3 is 6.61 Å². The maximum Gasteiger partial charge on any atom is 0.387 e. The number of ether oxygens (including phenoxy) is 2. The van der Waals surface area contributed by atoms with Crippen molar-refractivity contribution in [1.82, 2.24) is 5.01 Å². The highest BCUT2D eigenvalue weighted by Gasteiger charge is 2.30. The predicted molar refractivity (Wildman–Crippen MR) is 128 cm³/mol. The Kier molecular flexibility index (Phi) is 7.79. The Labute approximate surface area is 202 Å². The minimum absolute atomic E-state index is 0.0132. The zero-order valence-corrected chi connectivity index (χ0v) is 19.4. The summed E-state index contributed by atoms with van der Waals surface area (Å²) in [7, 11) is 0. The topological polar surface area (TPSA) is 92.3 Å². The Morgan fingerprint density at radius 1 is 1.09 bits per heavy atom. The van der Waals surface area contributed by atoms with Gasteiger partial charge in [-0.25, -0.2) is 0 Å². The number of alkyl halides is 2. The Morgan fingerprint density at radius 3 is 2.46 bits per heavy atom. The zero-order chi connectivity index (χ0) is 24.8. The number of rotatable bonds is 10. The van der Waals surface area contributed by atoms with Crippen LogP contribution in [0, 0.1) is 5.92 Å². The van der Waals surface area contributed by atoms with E-state index in [0.717, 1.165) is 19.3 Å². The van der Waals surface area contributed by atoms with Crippen LogP contribution in [0.5, 0.6) is 11.5 Å². The second kappa shape index (κ2) is 11.2. The molecule has 0 bridgehead atoms. The van der Waals surface area contributed by atoms with E-state index < -0.39 is 12.7 Å². The SMILES string of the molecule is CC(=O)Nc1ccc(NC(=O)[C@@H]2CCCN2/N=C/c2ccc(OC(F)F)c(OCC3CC3)c2)cc1. The monoisotopic (exact) mass is 486 g/mol. The summed E-state index contributed by atoms with van der Waals surface area (Å²) in [5.41, 5.74) is 1.91. The van der Waals surface area contributed by atoms with Gasteiger partial charge in [0.2, 0.25) is 11.8 Å². The van der Waals surface area contributed by atoms with Crippen molar-refractivity contribution >= 4 is 29.4 Å². The number of nitrogens with one attached hydrogen (secondary N) is 2. The van der Waals surface area contributed by atoms with Gasteiger partial charge in [-0.2, -0.15) is 13.9 Å². The van der Waals surface area contributed by atoms with Gasteiger partial charge < -0.3 is 20.1 Å². The van der Waals surface area contributed by atoms with E-state index in [1.165, 1.54) is 13.0 Å². The van der Waals surface area contributed by atoms with Gasteiger partial charge in [-0.1, -0.05) is 0 Å². The van der Waals surface area contributed by atoms with Crippen molar-refractivity contribution in [3.63, 3.8) is 0 Å². The van der Waals surface area contributed by atoms with Crippen LogP contribution in [-0.4, -0.2) is 48.8 Å². The standard InChI is InChI=1S/C25H28F2N4O4/c1-16(32)29-19-7-9-20(10-8-19)30-24(33)21-3-2-12-31(21)28-14-18-6-11-22(35-25(26)27)23(13-18)34-15-17-4-5-17/h6-11,13-14,17,21,25H,2-5,12,15H2,1H3,(H,29,32)(H,30,33)/b28-14+/t21-/m0/s1. The molecule has 8 nitrogen and oxygen atoms in total. The predicted octanol–water partition coefficient (Wildman–Crippen LogP) is 4.47. The number of carbonyl (C=O) groups is 2. The van der Waals surface area contributed by atoms with Crippen molar-refractivity contribution in [2.45, 2.75) is 45.3 Å². The van der Waals surface area contributed by atoms with Gasteiger partial charge in [0.1, 0.15) is 6.04 Å². The van der Waals surface area contributed by atoms with Crippen LogP contribution in [0.4, 0.5) is 20.2 Å². The van der Waals surface area contributed by atoms with Crippen LogP contribution in [0.1, 0.15) is 38.2 Å². The van der Waals surface area contributed by atoms with E-state index >= 15 is 0 Å². The van der Waals surface area contributed by atoms with Gasteiger partial charge in [0.25, 0.3) is 0 Å². The Hall–Kier alpha value is -3.69. The first-order chi connectivity index (χ1) is 16.9. The van der Waals surface area contributed by atoms with Crippen LogP contribution in [0.25, 0.3) is 0 Å². The largest absolute Gasteiger partial charge is 0.489 e. The summed E-state index contributed by atoms with van der Waals surface area (Å²) in [5.74, 6) is 0.345. The molecule has 0 radical (unpaired) electrons. The summed E-state index contributed by atoms with van der Waals surface area (Å²) < 4.78 is 35.8. The first-order valence-corrected chi connectivity index (χ1v) is 11.6. The molecule has 2 aromatic carbocycles. The highest BCUT2D eigenvalue weighted by Crippen LogP contribution is 2.34. The van der Waals surface area contributed by atoms with Gasteiger partial charge in [0, 0.05) is 24.8 Å². The number of carbonyl (C=O) groups excluding carboxylic acids is 2. The molecule has 2 N–H and O–H groups in total. The number of benzene rings is 2. The minimum atomic E-state index is -2.94. The summed E-state index contributed by atoms with van der Waals surface area (Å²) in [4.78, 5) is 24.0. The number of nitrogens with zero attached hydrogens (tertiary/aromatic N) is 2. The van der Waals surface area contributed by atoms with Crippen molar-refractivity contribution in [3.8, 4) is 11.5 Å². The molecule has 1 atom stereocenters. The molecule has 1 saturated carbocycles. The lowest BCUT2D eigenvalue weighted by Gasteiger charge is -2.21. The molecule has 0 spiro atoms. The third-order valence-corrected chi connectivity index (χ3v) is 5.71. The third-order valence-electron chi connectivity index (χ3n) is 5.71. The van der Waals surface area contributed by atoms with Gasteiger partial charge in [-0.05, 0) is 79.6 Å². The molecular weight excluding hydrogens is 458 g/mol. The van der Waals surface area contributed by atoms with Crippen molar-refractivity contribution in [2.75, 3.05) is 23.8 Å². The molecule has 186 valence electrons. The zero-order valence-electron chi connectivity index (χ0n) is 19.4. The smallest absolute Gasteiger partial charge is 0.387 e. The lowest BCUT2D eigenvalue weighted by atomic mass is 10.2. The van der Waals surface area contributed by atoms with Gasteiger partial charge in [0.05, 0.1) is 12.8 Å². The van der Waals surface area contributed by atoms with Crippen LogP contribution in [0.3, 0.4) is 0 Å². The summed E-state index contributed by atoms with van der Waals surface area (Å²) in [6.07, 6.45) is 5.20. The molecule has 2 aliphatic rings. The van der Waals surface area contributed by atoms with E-state index in [1.807, 2.05) is 0 Å². The Morgan fingerprint density at radius 2 is 1.80 bits per heavy atom. The number of hydrogen-bond donors (Lipinski definition) is 2. The molecule has 0 aromatic heterocycles. The molecule has 1 aliphatic heterocycles. The van der Waals surface area contributed by atoms with E-state index in [-0.39, 0.29) is 23.3 Å². The lowest BCUT2D eigenvalue weighted by molar-refractivity contribution is -0.120. The molecule has 2 amide bonds. The maximum atomic E-state index is 12.9. The van der Waals surface area contributed by atoms with Crippen LogP contribution in [0.15, 0.2) is 47.6 Å². The molecule has 35 heavy (non-hydrogen) atoms. The minimum Gasteiger partial charge on any atom is -0.489 e. The van der Waals surface area contributed by atoms with Crippen LogP contribution in [0.2, 0.25) is 0 Å². The normalized spacial score (nSPS) is 17.6. The van der Waals surface area contributed by atoms with Crippen molar-refractivity contribution in [3.05, 3.63) is 48.0 Å². The number of anilines is 2. The summed E-state index contributed by atoms with van der Waals surface area (Å²) in [6.45, 7) is -0.435. The number of hydrazone groups is 1. The van der Waals surface area contributed by atoms with Gasteiger partial charge in [-0.15, -0.1) is 0 Å². The number of amides is 2. The van der Waals surface area contributed by atoms with Crippen LogP contribution < -0.4 is 20.1 Å². The van der Waals surface area contributed by atoms with Crippen molar-refractivity contribution in [2.24, 2.45) is 11.0 Å². The van der Waals surface area contributed by atoms with Crippen molar-refractivity contribution in [1.29, 1.82) is 0 Å². The molecule has 1 heterocycles. The van der Waals surface area contributed by atoms with Crippen LogP contribution in [-0.2, 0) is 9.59 Å². The van der Waals surface area contributed by atoms with E-state index in [0.29, 0.717) is 42.4 Å². The molecule has 2 aromatic rings. The second-order valence-electron chi connectivity index (χ2n) is 8.65. The van der Waals surface area contributed by atoms with Gasteiger partial charge in [-0.3, -0.25) is 14.6 Å². The van der Waals surface area contributed by atoms with E-state index in [1.54, 1.807) is 47.6 Å². The van der Waals surface area contributed by atoms with Crippen molar-refractivity contribution < 1.29 is 27.8 Å². The van der Waals surface area contributed by atoms with E-state index in [2.05, 4.69) is 20.5 Å². The van der Waals surface area contributed by atoms with Gasteiger partial charge in [0.15, 0.2) is 11.5 Å². The number of hydrogen-bond acceptors (Lipinski definition) is 6. The molecule has 0 unspecified atom stereocenters. The fourth-order valence-electron chi connectivity index (χ4n) is 3.77. The summed E-state index contributed by atoms with van der Waals surface area (Å²) in [5, 5.41) is 11.8. The van der Waals surface area contributed by atoms with Crippen LogP contribution >= 0.6 is 0 Å². The lowest BCUT2D eigenvalue weighted by Crippen LogP contribution is -2.36. The summed E-state index contributed by atoms with van der Waals surface area (Å²) in [6, 6.07) is 11.1. The molecule has 1 aliphatic carbocycles. The highest BCUT2D eigenvalue weighted by atomic mass is 19.3. The Bertz CT molecular complexity index is 1070. The average Bonchev–Trinajstić information content (AvgIpc) is 3.52. The molecule has 4 rings (SSSR count). The molecule has 10 heteroatoms. The second-order valence-corrected chi connectivity index (χ2v) is 8.65. The fourth-order valence-corrected chi connectivity index (χ4v) is 3.77. The highest BCUT2D eigenvalue weighted by molar-refractivity contribution is 5.95. The number of halogens is 2. The maximum absolute atomic E-state index is 12.9. The molecule has 2 fully saturated rings. The van der Waals surface area contributed by atoms with E-state index in [9.17, 15) is 18.4 Å². The molecule has 1 saturated heterocycles. The van der Waals surface area contributed by atoms with E-state index in [4.69, 9.17) is 4.74 Å². The third kappa shape index (κ3) is 7.14. The first-order valence-electron chi connectivity index (χ1n) is 11.6. The fraction of sp³-hybridized carbons (Fsp3) is 0.400. The first kappa shape index (κ1) is 24.4. The quantitative estimate of drug-likeness (QED) is 0.484. The molecular formula is C25H28F2N4O4. The Balaban J connectivity index is 1.39. The summed E-state index contributed by atoms with van der Waals surface area (Å²) >= 11 is 0. The average molecular weight is 487 g/mol.